The molecule has 4 rings (SSSR count). The number of fused-ring (bicyclic) bond motifs is 1. The van der Waals surface area contributed by atoms with Crippen molar-refractivity contribution in [3.8, 4) is 5.75 Å². The minimum atomic E-state index is -0.0143. The molecule has 2 amide bonds. The van der Waals surface area contributed by atoms with E-state index in [0.717, 1.165) is 33.0 Å². The summed E-state index contributed by atoms with van der Waals surface area (Å²) in [5.41, 5.74) is 3.98. The fourth-order valence-electron chi connectivity index (χ4n) is 3.57. The third-order valence-electron chi connectivity index (χ3n) is 5.19. The molecular weight excluding hydrogens is 396 g/mol. The number of anilines is 1. The number of nitrogens with zero attached hydrogens (tertiary/aromatic N) is 2. The molecule has 0 N–H and O–H groups in total. The summed E-state index contributed by atoms with van der Waals surface area (Å²) in [7, 11) is 0. The highest BCUT2D eigenvalue weighted by atomic mass is 32.1. The van der Waals surface area contributed by atoms with Crippen LogP contribution < -0.4 is 9.64 Å². The van der Waals surface area contributed by atoms with E-state index in [1.807, 2.05) is 71.8 Å². The lowest BCUT2D eigenvalue weighted by Gasteiger charge is -2.23. The van der Waals surface area contributed by atoms with E-state index in [1.54, 1.807) is 11.8 Å². The zero-order chi connectivity index (χ0) is 21.1. The van der Waals surface area contributed by atoms with Gasteiger partial charge >= 0.3 is 0 Å². The van der Waals surface area contributed by atoms with Crippen molar-refractivity contribution in [1.29, 1.82) is 0 Å². The highest BCUT2D eigenvalue weighted by molar-refractivity contribution is 7.12. The van der Waals surface area contributed by atoms with Crippen molar-refractivity contribution in [3.63, 3.8) is 0 Å². The number of hydrogen-bond acceptors (Lipinski definition) is 4. The van der Waals surface area contributed by atoms with Crippen LogP contribution >= 0.6 is 11.3 Å². The molecule has 0 atom stereocenters. The Morgan fingerprint density at radius 2 is 1.93 bits per heavy atom. The van der Waals surface area contributed by atoms with E-state index in [9.17, 15) is 9.59 Å². The largest absolute Gasteiger partial charge is 0.491 e. The lowest BCUT2D eigenvalue weighted by atomic mass is 10.1. The molecule has 0 fully saturated rings. The number of carbonyl (C=O) groups excluding carboxylic acids is 2. The van der Waals surface area contributed by atoms with E-state index in [4.69, 9.17) is 4.74 Å². The van der Waals surface area contributed by atoms with Gasteiger partial charge in [-0.05, 0) is 48.2 Å². The van der Waals surface area contributed by atoms with Crippen LogP contribution in [-0.4, -0.2) is 29.9 Å². The van der Waals surface area contributed by atoms with Crippen LogP contribution in [-0.2, 0) is 17.9 Å². The number of amides is 2. The quantitative estimate of drug-likeness (QED) is 0.618. The molecule has 0 bridgehead atoms. The van der Waals surface area contributed by atoms with E-state index >= 15 is 0 Å². The topological polar surface area (TPSA) is 49.9 Å². The fraction of sp³-hybridized carbons (Fsp3) is 0.250. The Labute approximate surface area is 180 Å². The second-order valence-corrected chi connectivity index (χ2v) is 8.38. The zero-order valence-electron chi connectivity index (χ0n) is 17.1. The van der Waals surface area contributed by atoms with Crippen molar-refractivity contribution in [2.75, 3.05) is 18.1 Å². The van der Waals surface area contributed by atoms with Crippen LogP contribution in [0, 0.1) is 6.92 Å². The molecule has 0 saturated heterocycles. The average molecular weight is 421 g/mol. The van der Waals surface area contributed by atoms with Gasteiger partial charge in [0.2, 0.25) is 5.91 Å². The summed E-state index contributed by atoms with van der Waals surface area (Å²) in [5, 5.41) is 1.91. The molecule has 154 valence electrons. The van der Waals surface area contributed by atoms with Crippen LogP contribution in [0.25, 0.3) is 0 Å². The zero-order valence-corrected chi connectivity index (χ0v) is 17.9. The van der Waals surface area contributed by atoms with Crippen LogP contribution in [0.4, 0.5) is 5.69 Å². The van der Waals surface area contributed by atoms with Gasteiger partial charge in [0.25, 0.3) is 5.91 Å². The van der Waals surface area contributed by atoms with Crippen molar-refractivity contribution in [2.24, 2.45) is 0 Å². The molecule has 2 heterocycles. The number of hydrogen-bond donors (Lipinski definition) is 0. The monoisotopic (exact) mass is 420 g/mol. The minimum absolute atomic E-state index is 0.0143. The number of benzene rings is 2. The first-order valence-corrected chi connectivity index (χ1v) is 10.8. The number of aryl methyl sites for hydroxylation is 1. The Balaban J connectivity index is 1.57. The SMILES string of the molecule is CC(=O)N(Cc1ccc2c(c1)CN(C(=O)c1cccs1)CCO2)c1ccc(C)cc1. The second kappa shape index (κ2) is 8.71. The first kappa shape index (κ1) is 20.2. The maximum Gasteiger partial charge on any atom is 0.264 e. The van der Waals surface area contributed by atoms with E-state index in [1.165, 1.54) is 11.3 Å². The van der Waals surface area contributed by atoms with E-state index in [-0.39, 0.29) is 11.8 Å². The summed E-state index contributed by atoms with van der Waals surface area (Å²) < 4.78 is 5.88. The standard InChI is InChI=1S/C24H24N2O3S/c1-17-5-8-21(9-6-17)26(18(2)27)15-19-7-10-22-20(14-19)16-25(11-12-29-22)24(28)23-4-3-13-30-23/h3-10,13-14H,11-12,15-16H2,1-2H3. The minimum Gasteiger partial charge on any atom is -0.491 e. The normalized spacial score (nSPS) is 13.2. The van der Waals surface area contributed by atoms with Crippen molar-refractivity contribution >= 4 is 28.8 Å². The first-order chi connectivity index (χ1) is 14.5. The Morgan fingerprint density at radius 1 is 1.13 bits per heavy atom. The second-order valence-electron chi connectivity index (χ2n) is 7.44. The van der Waals surface area contributed by atoms with Gasteiger partial charge in [-0.3, -0.25) is 9.59 Å². The highest BCUT2D eigenvalue weighted by Gasteiger charge is 2.22. The summed E-state index contributed by atoms with van der Waals surface area (Å²) in [4.78, 5) is 29.4. The van der Waals surface area contributed by atoms with Gasteiger partial charge < -0.3 is 14.5 Å². The third kappa shape index (κ3) is 4.39. The molecule has 1 aromatic heterocycles. The predicted octanol–water partition coefficient (Wildman–Crippen LogP) is 4.64. The lowest BCUT2D eigenvalue weighted by molar-refractivity contribution is -0.116. The van der Waals surface area contributed by atoms with Gasteiger partial charge in [-0.25, -0.2) is 0 Å². The number of thiophene rings is 1. The van der Waals surface area contributed by atoms with Crippen molar-refractivity contribution in [2.45, 2.75) is 26.9 Å². The van der Waals surface area contributed by atoms with Gasteiger partial charge in [-0.15, -0.1) is 11.3 Å². The molecule has 6 heteroatoms. The molecule has 0 spiro atoms. The predicted molar refractivity (Wildman–Crippen MR) is 119 cm³/mol. The van der Waals surface area contributed by atoms with Crippen molar-refractivity contribution in [3.05, 3.63) is 81.5 Å². The highest BCUT2D eigenvalue weighted by Crippen LogP contribution is 2.27. The van der Waals surface area contributed by atoms with Crippen LogP contribution in [0.15, 0.2) is 60.0 Å². The van der Waals surface area contributed by atoms with E-state index < -0.39 is 0 Å². The number of carbonyl (C=O) groups is 2. The molecule has 1 aliphatic rings. The summed E-state index contributed by atoms with van der Waals surface area (Å²) >= 11 is 1.45. The number of rotatable bonds is 4. The Kier molecular flexibility index (Phi) is 5.86. The van der Waals surface area contributed by atoms with Crippen molar-refractivity contribution < 1.29 is 14.3 Å². The summed E-state index contributed by atoms with van der Waals surface area (Å²) in [6.07, 6.45) is 0. The molecule has 0 unspecified atom stereocenters. The maximum absolute atomic E-state index is 12.8. The van der Waals surface area contributed by atoms with Gasteiger partial charge in [0, 0.05) is 24.7 Å². The molecule has 0 aliphatic carbocycles. The fourth-order valence-corrected chi connectivity index (χ4v) is 4.26. The van der Waals surface area contributed by atoms with Gasteiger partial charge in [0.1, 0.15) is 12.4 Å². The molecule has 1 aliphatic heterocycles. The smallest absolute Gasteiger partial charge is 0.264 e. The van der Waals surface area contributed by atoms with Crippen molar-refractivity contribution in [1.82, 2.24) is 4.90 Å². The van der Waals surface area contributed by atoms with E-state index in [2.05, 4.69) is 0 Å². The molecule has 0 saturated carbocycles. The third-order valence-corrected chi connectivity index (χ3v) is 6.05. The van der Waals surface area contributed by atoms with Crippen LogP contribution in [0.3, 0.4) is 0 Å². The lowest BCUT2D eigenvalue weighted by Crippen LogP contribution is -2.32. The molecule has 0 radical (unpaired) electrons. The van der Waals surface area contributed by atoms with Crippen LogP contribution in [0.5, 0.6) is 5.75 Å². The average Bonchev–Trinajstić information content (AvgIpc) is 3.19. The summed E-state index contributed by atoms with van der Waals surface area (Å²) in [6, 6.07) is 17.6. The molecule has 2 aromatic carbocycles. The summed E-state index contributed by atoms with van der Waals surface area (Å²) in [6.45, 7) is 5.57. The Bertz CT molecular complexity index is 1040. The van der Waals surface area contributed by atoms with Crippen LogP contribution in [0.1, 0.15) is 33.3 Å². The van der Waals surface area contributed by atoms with Gasteiger partial charge in [-0.1, -0.05) is 29.8 Å². The summed E-state index contributed by atoms with van der Waals surface area (Å²) in [5.74, 6) is 0.807. The molecule has 5 nitrogen and oxygen atoms in total. The number of ether oxygens (including phenoxy) is 1. The Morgan fingerprint density at radius 3 is 2.63 bits per heavy atom. The van der Waals surface area contributed by atoms with Crippen LogP contribution in [0.2, 0.25) is 0 Å². The molecule has 3 aromatic rings. The van der Waals surface area contributed by atoms with Gasteiger partial charge in [0.05, 0.1) is 18.0 Å². The van der Waals surface area contributed by atoms with Gasteiger partial charge in [-0.2, -0.15) is 0 Å². The molecule has 30 heavy (non-hydrogen) atoms. The maximum atomic E-state index is 12.8. The van der Waals surface area contributed by atoms with Gasteiger partial charge in [0.15, 0.2) is 0 Å². The first-order valence-electron chi connectivity index (χ1n) is 9.93. The van der Waals surface area contributed by atoms with E-state index in [0.29, 0.717) is 26.2 Å². The molecular formula is C24H24N2O3S. The Hall–Kier alpha value is -3.12.